The molecular formula is C27H29FN6O3S. The van der Waals surface area contributed by atoms with Crippen molar-refractivity contribution < 1.29 is 18.3 Å². The van der Waals surface area contributed by atoms with Crippen LogP contribution in [0.25, 0.3) is 0 Å². The SMILES string of the molecule is COc1ccc(Sc2nc(Nc3cccc(F)c3)nc(N[C@@H](CC(C)C)C(=O)NCc3ccco3)n2)cc1. The lowest BCUT2D eigenvalue weighted by molar-refractivity contribution is -0.122. The van der Waals surface area contributed by atoms with Crippen LogP contribution in [0.5, 0.6) is 5.75 Å². The molecule has 0 saturated carbocycles. The third kappa shape index (κ3) is 7.94. The Balaban J connectivity index is 1.59. The molecule has 0 spiro atoms. The van der Waals surface area contributed by atoms with Crippen molar-refractivity contribution in [3.05, 3.63) is 78.5 Å². The average Bonchev–Trinajstić information content (AvgIpc) is 3.41. The second kappa shape index (κ2) is 12.9. The predicted molar refractivity (Wildman–Crippen MR) is 144 cm³/mol. The summed E-state index contributed by atoms with van der Waals surface area (Å²) in [5, 5.41) is 9.49. The molecule has 11 heteroatoms. The highest BCUT2D eigenvalue weighted by Gasteiger charge is 2.22. The van der Waals surface area contributed by atoms with Crippen molar-refractivity contribution in [2.45, 2.75) is 42.9 Å². The molecule has 0 bridgehead atoms. The van der Waals surface area contributed by atoms with Gasteiger partial charge in [-0.25, -0.2) is 4.39 Å². The number of halogens is 1. The number of carbonyl (C=O) groups excluding carboxylic acids is 1. The van der Waals surface area contributed by atoms with Crippen LogP contribution in [-0.4, -0.2) is 34.0 Å². The Morgan fingerprint density at radius 3 is 2.53 bits per heavy atom. The Hall–Kier alpha value is -4.12. The van der Waals surface area contributed by atoms with Crippen LogP contribution in [0.3, 0.4) is 0 Å². The van der Waals surface area contributed by atoms with Gasteiger partial charge >= 0.3 is 0 Å². The van der Waals surface area contributed by atoms with Crippen LogP contribution in [-0.2, 0) is 11.3 Å². The molecule has 0 saturated heterocycles. The normalized spacial score (nSPS) is 11.7. The van der Waals surface area contributed by atoms with E-state index in [9.17, 15) is 9.18 Å². The molecule has 38 heavy (non-hydrogen) atoms. The van der Waals surface area contributed by atoms with Crippen molar-refractivity contribution in [1.82, 2.24) is 20.3 Å². The Morgan fingerprint density at radius 2 is 1.84 bits per heavy atom. The summed E-state index contributed by atoms with van der Waals surface area (Å²) in [4.78, 5) is 27.5. The number of rotatable bonds is 12. The summed E-state index contributed by atoms with van der Waals surface area (Å²) in [7, 11) is 1.61. The molecule has 0 aliphatic carbocycles. The maximum atomic E-state index is 13.8. The van der Waals surface area contributed by atoms with Crippen LogP contribution in [0, 0.1) is 11.7 Å². The zero-order chi connectivity index (χ0) is 26.9. The Bertz CT molecular complexity index is 1340. The number of nitrogens with one attached hydrogen (secondary N) is 3. The molecule has 4 aromatic rings. The molecule has 0 aliphatic rings. The highest BCUT2D eigenvalue weighted by Crippen LogP contribution is 2.28. The lowest BCUT2D eigenvalue weighted by Crippen LogP contribution is -2.40. The van der Waals surface area contributed by atoms with Gasteiger partial charge < -0.3 is 25.1 Å². The number of anilines is 3. The zero-order valence-electron chi connectivity index (χ0n) is 21.3. The van der Waals surface area contributed by atoms with E-state index < -0.39 is 6.04 Å². The molecule has 2 aromatic carbocycles. The molecule has 1 atom stereocenters. The summed E-state index contributed by atoms with van der Waals surface area (Å²) in [6.45, 7) is 4.33. The van der Waals surface area contributed by atoms with Crippen LogP contribution in [0.15, 0.2) is 81.4 Å². The first kappa shape index (κ1) is 26.9. The largest absolute Gasteiger partial charge is 0.497 e. The van der Waals surface area contributed by atoms with E-state index in [0.29, 0.717) is 23.0 Å². The van der Waals surface area contributed by atoms with Gasteiger partial charge in [0.1, 0.15) is 23.4 Å². The second-order valence-corrected chi connectivity index (χ2v) is 9.84. The van der Waals surface area contributed by atoms with E-state index in [4.69, 9.17) is 9.15 Å². The first-order chi connectivity index (χ1) is 18.4. The second-order valence-electron chi connectivity index (χ2n) is 8.80. The number of aromatic nitrogens is 3. The summed E-state index contributed by atoms with van der Waals surface area (Å²) in [5.74, 6) is 1.44. The van der Waals surface area contributed by atoms with Gasteiger partial charge in [-0.15, -0.1) is 0 Å². The fraction of sp³-hybridized carbons (Fsp3) is 0.259. The van der Waals surface area contributed by atoms with Crippen molar-refractivity contribution in [3.8, 4) is 5.75 Å². The molecule has 0 unspecified atom stereocenters. The molecule has 2 aromatic heterocycles. The molecule has 0 radical (unpaired) electrons. The van der Waals surface area contributed by atoms with Gasteiger partial charge in [0.25, 0.3) is 0 Å². The van der Waals surface area contributed by atoms with E-state index >= 15 is 0 Å². The summed E-state index contributed by atoms with van der Waals surface area (Å²) in [6, 6.07) is 16.4. The Labute approximate surface area is 224 Å². The van der Waals surface area contributed by atoms with Gasteiger partial charge in [0.05, 0.1) is 19.9 Å². The fourth-order valence-electron chi connectivity index (χ4n) is 3.54. The van der Waals surface area contributed by atoms with Crippen LogP contribution in [0.4, 0.5) is 22.0 Å². The van der Waals surface area contributed by atoms with E-state index in [1.165, 1.54) is 23.9 Å². The number of hydrogen-bond acceptors (Lipinski definition) is 9. The molecule has 198 valence electrons. The van der Waals surface area contributed by atoms with Gasteiger partial charge in [-0.3, -0.25) is 4.79 Å². The number of hydrogen-bond donors (Lipinski definition) is 3. The van der Waals surface area contributed by atoms with E-state index in [1.54, 1.807) is 37.6 Å². The van der Waals surface area contributed by atoms with Crippen molar-refractivity contribution in [3.63, 3.8) is 0 Å². The molecule has 0 aliphatic heterocycles. The maximum Gasteiger partial charge on any atom is 0.242 e. The van der Waals surface area contributed by atoms with Gasteiger partial charge in [-0.1, -0.05) is 19.9 Å². The molecule has 9 nitrogen and oxygen atoms in total. The van der Waals surface area contributed by atoms with Crippen molar-refractivity contribution in [2.75, 3.05) is 17.7 Å². The van der Waals surface area contributed by atoms with E-state index in [2.05, 4.69) is 30.9 Å². The standard InChI is InChI=1S/C27H29FN6O3S/c1-17(2)14-23(24(35)29-16-21-8-5-13-37-21)31-26-32-25(30-19-7-4-6-18(28)15-19)33-27(34-26)38-22-11-9-20(36-3)10-12-22/h4-13,15,17,23H,14,16H2,1-3H3,(H,29,35)(H2,30,31,32,33,34)/t23-/m0/s1. The number of benzene rings is 2. The van der Waals surface area contributed by atoms with Gasteiger partial charge in [0, 0.05) is 10.6 Å². The third-order valence-corrected chi connectivity index (χ3v) is 6.18. The molecule has 0 fully saturated rings. The number of ether oxygens (including phenoxy) is 1. The van der Waals surface area contributed by atoms with Gasteiger partial charge in [-0.05, 0) is 78.7 Å². The molecular weight excluding hydrogens is 507 g/mol. The van der Waals surface area contributed by atoms with Crippen LogP contribution in [0.2, 0.25) is 0 Å². The molecule has 1 amide bonds. The molecule has 2 heterocycles. The smallest absolute Gasteiger partial charge is 0.242 e. The van der Waals surface area contributed by atoms with E-state index in [0.717, 1.165) is 10.6 Å². The number of amides is 1. The third-order valence-electron chi connectivity index (χ3n) is 5.31. The number of carbonyl (C=O) groups is 1. The minimum atomic E-state index is -0.604. The summed E-state index contributed by atoms with van der Waals surface area (Å²) >= 11 is 1.32. The zero-order valence-corrected chi connectivity index (χ0v) is 22.1. The lowest BCUT2D eigenvalue weighted by Gasteiger charge is -2.20. The van der Waals surface area contributed by atoms with Gasteiger partial charge in [-0.2, -0.15) is 15.0 Å². The Kier molecular flexibility index (Phi) is 9.15. The topological polar surface area (TPSA) is 114 Å². The van der Waals surface area contributed by atoms with Crippen molar-refractivity contribution >= 4 is 35.3 Å². The highest BCUT2D eigenvalue weighted by atomic mass is 32.2. The predicted octanol–water partition coefficient (Wildman–Crippen LogP) is 5.65. The molecule has 3 N–H and O–H groups in total. The van der Waals surface area contributed by atoms with E-state index in [1.807, 2.05) is 38.1 Å². The quantitative estimate of drug-likeness (QED) is 0.211. The van der Waals surface area contributed by atoms with E-state index in [-0.39, 0.29) is 36.1 Å². The Morgan fingerprint density at radius 1 is 1.05 bits per heavy atom. The first-order valence-electron chi connectivity index (χ1n) is 12.0. The summed E-state index contributed by atoms with van der Waals surface area (Å²) in [6.07, 6.45) is 2.11. The van der Waals surface area contributed by atoms with Gasteiger partial charge in [0.2, 0.25) is 17.8 Å². The molecule has 4 rings (SSSR count). The monoisotopic (exact) mass is 536 g/mol. The van der Waals surface area contributed by atoms with Crippen LogP contribution in [0.1, 0.15) is 26.0 Å². The van der Waals surface area contributed by atoms with Gasteiger partial charge in [0.15, 0.2) is 5.16 Å². The maximum absolute atomic E-state index is 13.8. The van der Waals surface area contributed by atoms with Crippen molar-refractivity contribution in [1.29, 1.82) is 0 Å². The first-order valence-corrected chi connectivity index (χ1v) is 12.9. The number of methoxy groups -OCH3 is 1. The van der Waals surface area contributed by atoms with Crippen LogP contribution < -0.4 is 20.7 Å². The highest BCUT2D eigenvalue weighted by molar-refractivity contribution is 7.99. The van der Waals surface area contributed by atoms with Crippen molar-refractivity contribution in [2.24, 2.45) is 5.92 Å². The summed E-state index contributed by atoms with van der Waals surface area (Å²) in [5.41, 5.74) is 0.484. The minimum absolute atomic E-state index is 0.209. The summed E-state index contributed by atoms with van der Waals surface area (Å²) < 4.78 is 24.3. The minimum Gasteiger partial charge on any atom is -0.497 e. The average molecular weight is 537 g/mol. The fourth-order valence-corrected chi connectivity index (χ4v) is 4.28. The number of furan rings is 1. The van der Waals surface area contributed by atoms with Crippen LogP contribution >= 0.6 is 11.8 Å². The lowest BCUT2D eigenvalue weighted by atomic mass is 10.0. The number of nitrogens with zero attached hydrogens (tertiary/aromatic N) is 3.